The van der Waals surface area contributed by atoms with E-state index in [4.69, 9.17) is 19.9 Å². The van der Waals surface area contributed by atoms with Crippen LogP contribution in [0.15, 0.2) is 12.7 Å². The van der Waals surface area contributed by atoms with E-state index < -0.39 is 30.1 Å². The predicted octanol–water partition coefficient (Wildman–Crippen LogP) is 1.67. The van der Waals surface area contributed by atoms with Crippen LogP contribution < -0.4 is 5.73 Å². The van der Waals surface area contributed by atoms with Crippen molar-refractivity contribution in [3.63, 3.8) is 0 Å². The van der Waals surface area contributed by atoms with Crippen LogP contribution in [0, 0.1) is 0 Å². The number of hydrogen-bond donors (Lipinski definition) is 2. The van der Waals surface area contributed by atoms with Gasteiger partial charge in [-0.3, -0.25) is 4.57 Å². The molecule has 150 valence electrons. The second kappa shape index (κ2) is 6.97. The van der Waals surface area contributed by atoms with Crippen LogP contribution in [-0.2, 0) is 14.2 Å². The van der Waals surface area contributed by atoms with E-state index in [1.54, 1.807) is 10.9 Å². The summed E-state index contributed by atoms with van der Waals surface area (Å²) < 4.78 is 19.8. The summed E-state index contributed by atoms with van der Waals surface area (Å²) in [4.78, 5) is 12.4. The van der Waals surface area contributed by atoms with Gasteiger partial charge in [-0.1, -0.05) is 0 Å². The van der Waals surface area contributed by atoms with E-state index >= 15 is 0 Å². The lowest BCUT2D eigenvalue weighted by Crippen LogP contribution is -2.42. The molecule has 0 aliphatic carbocycles. The number of nitrogens with two attached hydrogens (primary N) is 1. The molecule has 9 nitrogen and oxygen atoms in total. The SMILES string of the molecule is CC(C)(C)OC[C@H]1O[C@@H](n2cnc3c(N)ncnc32)[C@H](O)[C@@H]1OC(C)(C)C. The van der Waals surface area contributed by atoms with Crippen LogP contribution in [0.1, 0.15) is 47.8 Å². The van der Waals surface area contributed by atoms with Crippen molar-refractivity contribution in [2.45, 2.75) is 77.3 Å². The van der Waals surface area contributed by atoms with Gasteiger partial charge in [-0.15, -0.1) is 0 Å². The molecule has 3 heterocycles. The van der Waals surface area contributed by atoms with Gasteiger partial charge in [0.15, 0.2) is 17.7 Å². The van der Waals surface area contributed by atoms with E-state index in [0.717, 1.165) is 0 Å². The first-order valence-corrected chi connectivity index (χ1v) is 9.04. The van der Waals surface area contributed by atoms with E-state index in [9.17, 15) is 5.11 Å². The highest BCUT2D eigenvalue weighted by Crippen LogP contribution is 2.36. The fourth-order valence-corrected chi connectivity index (χ4v) is 3.03. The number of imidazole rings is 1. The van der Waals surface area contributed by atoms with Crippen LogP contribution in [0.4, 0.5) is 5.82 Å². The Balaban J connectivity index is 1.90. The number of nitrogens with zero attached hydrogens (tertiary/aromatic N) is 4. The van der Waals surface area contributed by atoms with Crippen LogP contribution in [0.3, 0.4) is 0 Å². The van der Waals surface area contributed by atoms with Gasteiger partial charge in [0.1, 0.15) is 30.2 Å². The summed E-state index contributed by atoms with van der Waals surface area (Å²) in [5, 5.41) is 11.0. The van der Waals surface area contributed by atoms with E-state index in [0.29, 0.717) is 17.8 Å². The van der Waals surface area contributed by atoms with Crippen molar-refractivity contribution in [2.75, 3.05) is 12.3 Å². The zero-order valence-electron chi connectivity index (χ0n) is 16.7. The number of anilines is 1. The summed E-state index contributed by atoms with van der Waals surface area (Å²) >= 11 is 0. The molecule has 0 saturated carbocycles. The van der Waals surface area contributed by atoms with Crippen LogP contribution in [0.2, 0.25) is 0 Å². The van der Waals surface area contributed by atoms with Crippen molar-refractivity contribution in [3.05, 3.63) is 12.7 Å². The van der Waals surface area contributed by atoms with Gasteiger partial charge >= 0.3 is 0 Å². The van der Waals surface area contributed by atoms with Crippen molar-refractivity contribution < 1.29 is 19.3 Å². The van der Waals surface area contributed by atoms with Gasteiger partial charge in [0.25, 0.3) is 0 Å². The van der Waals surface area contributed by atoms with Gasteiger partial charge in [0.05, 0.1) is 24.1 Å². The molecule has 0 spiro atoms. The fraction of sp³-hybridized carbons (Fsp3) is 0.722. The standard InChI is InChI=1S/C18H29N5O4/c1-17(2,3)25-7-10-13(27-18(4,5)6)12(24)16(26-10)23-9-22-11-14(19)20-8-21-15(11)23/h8-10,12-13,16,24H,7H2,1-6H3,(H2,19,20,21)/t10-,12-,13-,16-/m1/s1. The molecule has 4 atom stereocenters. The molecule has 1 aliphatic heterocycles. The molecular weight excluding hydrogens is 350 g/mol. The lowest BCUT2D eigenvalue weighted by molar-refractivity contribution is -0.138. The molecule has 2 aromatic heterocycles. The highest BCUT2D eigenvalue weighted by atomic mass is 16.6. The minimum absolute atomic E-state index is 0.279. The molecule has 2 aromatic rings. The lowest BCUT2D eigenvalue weighted by atomic mass is 10.1. The number of aromatic nitrogens is 4. The molecule has 0 bridgehead atoms. The number of nitrogen functional groups attached to an aromatic ring is 1. The number of hydrogen-bond acceptors (Lipinski definition) is 8. The number of fused-ring (bicyclic) bond motifs is 1. The third-order valence-corrected chi connectivity index (χ3v) is 4.14. The summed E-state index contributed by atoms with van der Waals surface area (Å²) in [6, 6.07) is 0. The lowest BCUT2D eigenvalue weighted by Gasteiger charge is -2.30. The van der Waals surface area contributed by atoms with E-state index in [1.807, 2.05) is 41.5 Å². The smallest absolute Gasteiger partial charge is 0.167 e. The largest absolute Gasteiger partial charge is 0.386 e. The summed E-state index contributed by atoms with van der Waals surface area (Å²) in [6.07, 6.45) is 0.260. The van der Waals surface area contributed by atoms with E-state index in [2.05, 4.69) is 15.0 Å². The quantitative estimate of drug-likeness (QED) is 0.824. The number of aliphatic hydroxyl groups excluding tert-OH is 1. The normalized spacial score (nSPS) is 26.8. The first-order chi connectivity index (χ1) is 12.5. The third kappa shape index (κ3) is 4.37. The number of rotatable bonds is 4. The minimum atomic E-state index is -0.925. The van der Waals surface area contributed by atoms with Gasteiger partial charge in [-0.25, -0.2) is 15.0 Å². The first-order valence-electron chi connectivity index (χ1n) is 9.04. The average Bonchev–Trinajstić information content (AvgIpc) is 3.07. The molecule has 0 unspecified atom stereocenters. The highest BCUT2D eigenvalue weighted by Gasteiger charge is 2.48. The van der Waals surface area contributed by atoms with Crippen molar-refractivity contribution in [1.29, 1.82) is 0 Å². The van der Waals surface area contributed by atoms with Crippen molar-refractivity contribution in [1.82, 2.24) is 19.5 Å². The monoisotopic (exact) mass is 379 g/mol. The maximum Gasteiger partial charge on any atom is 0.167 e. The Morgan fingerprint density at radius 2 is 1.85 bits per heavy atom. The maximum absolute atomic E-state index is 11.0. The minimum Gasteiger partial charge on any atom is -0.386 e. The number of ether oxygens (including phenoxy) is 3. The second-order valence-electron chi connectivity index (χ2n) is 8.76. The number of aliphatic hydroxyl groups is 1. The molecular formula is C18H29N5O4. The molecule has 27 heavy (non-hydrogen) atoms. The molecule has 0 radical (unpaired) electrons. The molecule has 0 aromatic carbocycles. The summed E-state index contributed by atoms with van der Waals surface area (Å²) in [5.41, 5.74) is 6.05. The molecule has 3 rings (SSSR count). The summed E-state index contributed by atoms with van der Waals surface area (Å²) in [5.74, 6) is 0.279. The van der Waals surface area contributed by atoms with E-state index in [-0.39, 0.29) is 11.4 Å². The van der Waals surface area contributed by atoms with Crippen LogP contribution >= 0.6 is 0 Å². The zero-order chi connectivity index (χ0) is 20.0. The molecule has 1 saturated heterocycles. The van der Waals surface area contributed by atoms with Gasteiger partial charge in [-0.2, -0.15) is 0 Å². The maximum atomic E-state index is 11.0. The predicted molar refractivity (Wildman–Crippen MR) is 100.0 cm³/mol. The van der Waals surface area contributed by atoms with Gasteiger partial charge in [-0.05, 0) is 41.5 Å². The van der Waals surface area contributed by atoms with Gasteiger partial charge in [0.2, 0.25) is 0 Å². The summed E-state index contributed by atoms with van der Waals surface area (Å²) in [6.45, 7) is 12.0. The van der Waals surface area contributed by atoms with Crippen LogP contribution in [0.25, 0.3) is 11.2 Å². The fourth-order valence-electron chi connectivity index (χ4n) is 3.03. The molecule has 1 fully saturated rings. The van der Waals surface area contributed by atoms with Crippen molar-refractivity contribution in [2.24, 2.45) is 0 Å². The topological polar surface area (TPSA) is 118 Å². The Labute approximate surface area is 158 Å². The average molecular weight is 379 g/mol. The van der Waals surface area contributed by atoms with Crippen LogP contribution in [-0.4, -0.2) is 60.7 Å². The molecule has 9 heteroatoms. The Kier molecular flexibility index (Phi) is 5.15. The second-order valence-corrected chi connectivity index (χ2v) is 8.76. The Morgan fingerprint density at radius 1 is 1.15 bits per heavy atom. The molecule has 0 amide bonds. The molecule has 1 aliphatic rings. The van der Waals surface area contributed by atoms with Crippen LogP contribution in [0.5, 0.6) is 0 Å². The Bertz CT molecular complexity index is 795. The highest BCUT2D eigenvalue weighted by molar-refractivity contribution is 5.81. The first kappa shape index (κ1) is 19.9. The molecule has 3 N–H and O–H groups in total. The van der Waals surface area contributed by atoms with E-state index in [1.165, 1.54) is 6.33 Å². The van der Waals surface area contributed by atoms with Gasteiger partial charge in [0, 0.05) is 0 Å². The van der Waals surface area contributed by atoms with Crippen molar-refractivity contribution in [3.8, 4) is 0 Å². The Hall–Kier alpha value is -1.81. The summed E-state index contributed by atoms with van der Waals surface area (Å²) in [7, 11) is 0. The Morgan fingerprint density at radius 3 is 2.48 bits per heavy atom. The third-order valence-electron chi connectivity index (χ3n) is 4.14. The van der Waals surface area contributed by atoms with Gasteiger partial charge < -0.3 is 25.1 Å². The van der Waals surface area contributed by atoms with Crippen molar-refractivity contribution >= 4 is 17.0 Å². The zero-order valence-corrected chi connectivity index (χ0v) is 16.7.